The highest BCUT2D eigenvalue weighted by Gasteiger charge is 2.36. The number of alkyl halides is 3. The summed E-state index contributed by atoms with van der Waals surface area (Å²) in [5.74, 6) is -0.604. The molecule has 0 radical (unpaired) electrons. The number of hydrogen-bond acceptors (Lipinski definition) is 2. The fourth-order valence-corrected chi connectivity index (χ4v) is 2.24. The van der Waals surface area contributed by atoms with Crippen LogP contribution < -0.4 is 0 Å². The van der Waals surface area contributed by atoms with E-state index in [1.54, 1.807) is 0 Å². The van der Waals surface area contributed by atoms with Crippen LogP contribution >= 0.6 is 0 Å². The number of halogens is 3. The second-order valence-corrected chi connectivity index (χ2v) is 4.20. The molecular weight excluding hydrogens is 243 g/mol. The molecule has 0 bridgehead atoms. The lowest BCUT2D eigenvalue weighted by atomic mass is 10.0. The van der Waals surface area contributed by atoms with E-state index < -0.39 is 18.4 Å². The van der Waals surface area contributed by atoms with Crippen LogP contribution in [0.1, 0.15) is 42.3 Å². The second-order valence-electron chi connectivity index (χ2n) is 4.20. The fraction of sp³-hybridized carbons (Fsp3) is 0.333. The molecule has 0 saturated carbocycles. The van der Waals surface area contributed by atoms with Crippen molar-refractivity contribution in [1.82, 2.24) is 14.8 Å². The summed E-state index contributed by atoms with van der Waals surface area (Å²) in [4.78, 5) is 3.57. The molecule has 0 N–H and O–H groups in total. The summed E-state index contributed by atoms with van der Waals surface area (Å²) in [7, 11) is 0. The molecule has 1 aliphatic rings. The Hall–Kier alpha value is -1.85. The number of hydrogen-bond donors (Lipinski definition) is 0. The number of nitrogens with zero attached hydrogens (tertiary/aromatic N) is 3. The highest BCUT2D eigenvalue weighted by molar-refractivity contribution is 5.23. The first-order valence-electron chi connectivity index (χ1n) is 5.60. The van der Waals surface area contributed by atoms with Crippen molar-refractivity contribution in [1.29, 1.82) is 0 Å². The van der Waals surface area contributed by atoms with Crippen LogP contribution in [0.5, 0.6) is 0 Å². The zero-order valence-corrected chi connectivity index (χ0v) is 9.30. The summed E-state index contributed by atoms with van der Waals surface area (Å²) in [6.07, 6.45) is -3.91. The normalized spacial score (nSPS) is 22.4. The number of benzene rings is 1. The van der Waals surface area contributed by atoms with Crippen molar-refractivity contribution in [2.24, 2.45) is 0 Å². The van der Waals surface area contributed by atoms with E-state index in [0.717, 1.165) is 5.56 Å². The van der Waals surface area contributed by atoms with Gasteiger partial charge >= 0.3 is 0 Å². The largest absolute Gasteiger partial charge is 0.299 e. The van der Waals surface area contributed by atoms with Crippen LogP contribution in [0.2, 0.25) is 0 Å². The Kier molecular flexibility index (Phi) is 2.57. The molecule has 2 aromatic rings. The lowest BCUT2D eigenvalue weighted by Crippen LogP contribution is -2.07. The van der Waals surface area contributed by atoms with Crippen LogP contribution in [-0.4, -0.2) is 14.8 Å². The molecule has 94 valence electrons. The van der Waals surface area contributed by atoms with Crippen LogP contribution in [0.15, 0.2) is 30.3 Å². The Labute approximate surface area is 101 Å². The van der Waals surface area contributed by atoms with Crippen molar-refractivity contribution < 1.29 is 13.2 Å². The maximum absolute atomic E-state index is 13.8. The summed E-state index contributed by atoms with van der Waals surface area (Å²) in [6.45, 7) is 0. The molecule has 3 rings (SSSR count). The molecule has 0 saturated heterocycles. The SMILES string of the molecule is FC(F)c1nc2n(n1)C(c1ccccc1)CC2F. The monoisotopic (exact) mass is 253 g/mol. The van der Waals surface area contributed by atoms with Gasteiger partial charge < -0.3 is 0 Å². The van der Waals surface area contributed by atoms with Crippen LogP contribution in [0.3, 0.4) is 0 Å². The first-order chi connectivity index (χ1) is 8.66. The fourth-order valence-electron chi connectivity index (χ4n) is 2.24. The molecule has 1 aromatic carbocycles. The van der Waals surface area contributed by atoms with E-state index in [1.807, 2.05) is 30.3 Å². The van der Waals surface area contributed by atoms with Crippen molar-refractivity contribution in [3.05, 3.63) is 47.5 Å². The second kappa shape index (κ2) is 4.12. The number of fused-ring (bicyclic) bond motifs is 1. The summed E-state index contributed by atoms with van der Waals surface area (Å²) >= 11 is 0. The third kappa shape index (κ3) is 1.68. The van der Waals surface area contributed by atoms with Gasteiger partial charge in [-0.25, -0.2) is 22.8 Å². The first-order valence-corrected chi connectivity index (χ1v) is 5.60. The van der Waals surface area contributed by atoms with Crippen molar-refractivity contribution in [3.63, 3.8) is 0 Å². The minimum atomic E-state index is -2.77. The van der Waals surface area contributed by atoms with Gasteiger partial charge in [0.25, 0.3) is 6.43 Å². The maximum Gasteiger partial charge on any atom is 0.299 e. The van der Waals surface area contributed by atoms with Crippen LogP contribution in [0.4, 0.5) is 13.2 Å². The third-order valence-corrected chi connectivity index (χ3v) is 3.06. The van der Waals surface area contributed by atoms with E-state index in [9.17, 15) is 13.2 Å². The molecule has 2 heterocycles. The molecule has 0 aliphatic carbocycles. The molecule has 2 unspecified atom stereocenters. The van der Waals surface area contributed by atoms with Crippen LogP contribution in [0, 0.1) is 0 Å². The predicted molar refractivity (Wildman–Crippen MR) is 58.0 cm³/mol. The van der Waals surface area contributed by atoms with Crippen LogP contribution in [0.25, 0.3) is 0 Å². The van der Waals surface area contributed by atoms with Crippen molar-refractivity contribution in [2.45, 2.75) is 25.1 Å². The van der Waals surface area contributed by atoms with Gasteiger partial charge in [0, 0.05) is 6.42 Å². The molecule has 1 aromatic heterocycles. The Morgan fingerprint density at radius 3 is 2.61 bits per heavy atom. The summed E-state index contributed by atoms with van der Waals surface area (Å²) in [5, 5.41) is 3.71. The van der Waals surface area contributed by atoms with Crippen LogP contribution in [-0.2, 0) is 0 Å². The summed E-state index contributed by atoms with van der Waals surface area (Å²) < 4.78 is 40.1. The average Bonchev–Trinajstić information content (AvgIpc) is 2.92. The number of rotatable bonds is 2. The van der Waals surface area contributed by atoms with Gasteiger partial charge in [-0.15, -0.1) is 5.10 Å². The lowest BCUT2D eigenvalue weighted by molar-refractivity contribution is 0.139. The zero-order chi connectivity index (χ0) is 12.7. The quantitative estimate of drug-likeness (QED) is 0.822. The van der Waals surface area contributed by atoms with Gasteiger partial charge in [-0.1, -0.05) is 30.3 Å². The van der Waals surface area contributed by atoms with E-state index in [1.165, 1.54) is 4.68 Å². The summed E-state index contributed by atoms with van der Waals surface area (Å²) in [6, 6.07) is 8.80. The van der Waals surface area contributed by atoms with Gasteiger partial charge in [-0.2, -0.15) is 0 Å². The van der Waals surface area contributed by atoms with E-state index in [0.29, 0.717) is 0 Å². The molecule has 0 fully saturated rings. The molecule has 6 heteroatoms. The molecule has 1 aliphatic heterocycles. The molecule has 3 nitrogen and oxygen atoms in total. The number of aromatic nitrogens is 3. The van der Waals surface area contributed by atoms with Crippen molar-refractivity contribution in [3.8, 4) is 0 Å². The topological polar surface area (TPSA) is 30.7 Å². The van der Waals surface area contributed by atoms with E-state index in [2.05, 4.69) is 10.1 Å². The van der Waals surface area contributed by atoms with Gasteiger partial charge in [-0.05, 0) is 5.56 Å². The van der Waals surface area contributed by atoms with Gasteiger partial charge in [0.15, 0.2) is 12.0 Å². The third-order valence-electron chi connectivity index (χ3n) is 3.06. The Morgan fingerprint density at radius 1 is 1.22 bits per heavy atom. The highest BCUT2D eigenvalue weighted by atomic mass is 19.3. The Balaban J connectivity index is 2.03. The predicted octanol–water partition coefficient (Wildman–Crippen LogP) is 3.22. The van der Waals surface area contributed by atoms with E-state index in [4.69, 9.17) is 0 Å². The molecule has 18 heavy (non-hydrogen) atoms. The van der Waals surface area contributed by atoms with Gasteiger partial charge in [0.2, 0.25) is 5.82 Å². The highest BCUT2D eigenvalue weighted by Crippen LogP contribution is 2.39. The minimum absolute atomic E-state index is 0.000784. The lowest BCUT2D eigenvalue weighted by Gasteiger charge is -2.11. The molecular formula is C12H10F3N3. The van der Waals surface area contributed by atoms with Crippen molar-refractivity contribution in [2.75, 3.05) is 0 Å². The minimum Gasteiger partial charge on any atom is -0.239 e. The standard InChI is InChI=1S/C12H10F3N3/c13-8-6-9(7-4-2-1-3-5-7)18-12(8)16-11(17-18)10(14)15/h1-5,8-10H,6H2. The van der Waals surface area contributed by atoms with E-state index >= 15 is 0 Å². The van der Waals surface area contributed by atoms with Crippen molar-refractivity contribution >= 4 is 0 Å². The zero-order valence-electron chi connectivity index (χ0n) is 9.30. The molecule has 0 spiro atoms. The smallest absolute Gasteiger partial charge is 0.239 e. The Bertz CT molecular complexity index is 553. The molecule has 2 atom stereocenters. The average molecular weight is 253 g/mol. The first kappa shape index (κ1) is 11.3. The maximum atomic E-state index is 13.8. The Morgan fingerprint density at radius 2 is 1.94 bits per heavy atom. The molecule has 0 amide bonds. The summed E-state index contributed by atoms with van der Waals surface area (Å²) in [5.41, 5.74) is 0.851. The van der Waals surface area contributed by atoms with Gasteiger partial charge in [-0.3, -0.25) is 0 Å². The van der Waals surface area contributed by atoms with E-state index in [-0.39, 0.29) is 18.3 Å². The van der Waals surface area contributed by atoms with Gasteiger partial charge in [0.1, 0.15) is 0 Å². The van der Waals surface area contributed by atoms with Gasteiger partial charge in [0.05, 0.1) is 6.04 Å².